The van der Waals surface area contributed by atoms with Gasteiger partial charge in [-0.25, -0.2) is 4.79 Å². The van der Waals surface area contributed by atoms with Crippen LogP contribution in [0.5, 0.6) is 0 Å². The van der Waals surface area contributed by atoms with Gasteiger partial charge >= 0.3 is 12.0 Å². The van der Waals surface area contributed by atoms with Crippen LogP contribution >= 0.6 is 0 Å². The van der Waals surface area contributed by atoms with E-state index in [1.165, 1.54) is 44.1 Å². The summed E-state index contributed by atoms with van der Waals surface area (Å²) in [5, 5.41) is 14.9. The number of aryl methyl sites for hydroxylation is 1. The molecule has 6 nitrogen and oxygen atoms in total. The first kappa shape index (κ1) is 22.2. The molecule has 1 aliphatic rings. The maximum absolute atomic E-state index is 12.4. The fraction of sp³-hybridized carbons (Fsp3) is 0.636. The van der Waals surface area contributed by atoms with E-state index >= 15 is 0 Å². The molecule has 28 heavy (non-hydrogen) atoms. The van der Waals surface area contributed by atoms with Crippen LogP contribution in [0.3, 0.4) is 0 Å². The van der Waals surface area contributed by atoms with Crippen molar-refractivity contribution in [3.05, 3.63) is 29.8 Å². The van der Waals surface area contributed by atoms with E-state index < -0.39 is 11.5 Å². The molecule has 1 saturated heterocycles. The third-order valence-electron chi connectivity index (χ3n) is 5.44. The molecule has 6 heteroatoms. The first-order valence-corrected chi connectivity index (χ1v) is 10.5. The van der Waals surface area contributed by atoms with E-state index in [1.807, 2.05) is 24.1 Å². The van der Waals surface area contributed by atoms with Crippen molar-refractivity contribution < 1.29 is 14.7 Å². The average molecular weight is 390 g/mol. The number of carbonyl (C=O) groups is 2. The van der Waals surface area contributed by atoms with Gasteiger partial charge in [-0.15, -0.1) is 0 Å². The molecule has 2 rings (SSSR count). The Bertz CT molecular complexity index is 632. The summed E-state index contributed by atoms with van der Waals surface area (Å²) in [4.78, 5) is 25.7. The molecule has 1 heterocycles. The van der Waals surface area contributed by atoms with Crippen LogP contribution in [0.2, 0.25) is 0 Å². The third-order valence-corrected chi connectivity index (χ3v) is 5.44. The number of likely N-dealkylation sites (N-methyl/N-ethyl adjacent to an activating group) is 1. The molecule has 2 amide bonds. The lowest BCUT2D eigenvalue weighted by Gasteiger charge is -2.28. The van der Waals surface area contributed by atoms with Crippen LogP contribution < -0.4 is 10.6 Å². The van der Waals surface area contributed by atoms with Gasteiger partial charge < -0.3 is 20.6 Å². The van der Waals surface area contributed by atoms with Gasteiger partial charge in [-0.3, -0.25) is 4.79 Å². The number of carboxylic acids is 1. The molecule has 1 aromatic carbocycles. The number of unbranched alkanes of at least 4 members (excludes halogenated alkanes) is 5. The molecule has 1 aliphatic heterocycles. The van der Waals surface area contributed by atoms with Crippen molar-refractivity contribution >= 4 is 17.7 Å². The van der Waals surface area contributed by atoms with Gasteiger partial charge in [0.2, 0.25) is 0 Å². The number of nitrogens with one attached hydrogen (secondary N) is 2. The number of rotatable bonds is 11. The average Bonchev–Trinajstić information content (AvgIpc) is 2.98. The van der Waals surface area contributed by atoms with Crippen molar-refractivity contribution in [2.24, 2.45) is 0 Å². The number of hydrogen-bond donors (Lipinski definition) is 3. The van der Waals surface area contributed by atoms with Gasteiger partial charge in [-0.2, -0.15) is 0 Å². The van der Waals surface area contributed by atoms with Gasteiger partial charge in [0.15, 0.2) is 0 Å². The summed E-state index contributed by atoms with van der Waals surface area (Å²) in [5.41, 5.74) is 1.30. The van der Waals surface area contributed by atoms with E-state index in [2.05, 4.69) is 29.7 Å². The van der Waals surface area contributed by atoms with Gasteiger partial charge in [0.1, 0.15) is 0 Å². The summed E-state index contributed by atoms with van der Waals surface area (Å²) in [7, 11) is 1.94. The van der Waals surface area contributed by atoms with Crippen LogP contribution in [-0.4, -0.2) is 47.7 Å². The lowest BCUT2D eigenvalue weighted by molar-refractivity contribution is -0.138. The minimum atomic E-state index is -0.894. The second-order valence-corrected chi connectivity index (χ2v) is 8.13. The summed E-state index contributed by atoms with van der Waals surface area (Å²) < 4.78 is 0. The van der Waals surface area contributed by atoms with Crippen molar-refractivity contribution in [1.29, 1.82) is 0 Å². The number of likely N-dealkylation sites (tertiary alicyclic amines) is 1. The minimum absolute atomic E-state index is 0.0675. The lowest BCUT2D eigenvalue weighted by Crippen LogP contribution is -2.52. The van der Waals surface area contributed by atoms with Crippen molar-refractivity contribution in [1.82, 2.24) is 10.2 Å². The van der Waals surface area contributed by atoms with Crippen LogP contribution in [0.1, 0.15) is 63.9 Å². The van der Waals surface area contributed by atoms with Crippen LogP contribution in [-0.2, 0) is 11.2 Å². The number of nitrogens with zero attached hydrogens (tertiary/aromatic N) is 1. The van der Waals surface area contributed by atoms with Crippen molar-refractivity contribution in [2.75, 3.05) is 25.5 Å². The number of amides is 2. The molecular weight excluding hydrogens is 354 g/mol. The maximum atomic E-state index is 12.4. The van der Waals surface area contributed by atoms with E-state index in [9.17, 15) is 14.7 Å². The number of carboxylic acid groups (broad SMARTS) is 1. The molecule has 1 unspecified atom stereocenters. The fourth-order valence-electron chi connectivity index (χ4n) is 3.93. The van der Waals surface area contributed by atoms with Gasteiger partial charge in [-0.1, -0.05) is 51.2 Å². The van der Waals surface area contributed by atoms with Gasteiger partial charge in [0.25, 0.3) is 0 Å². The zero-order chi connectivity index (χ0) is 20.4. The monoisotopic (exact) mass is 389 g/mol. The molecule has 0 spiro atoms. The molecule has 0 aliphatic carbocycles. The number of anilines is 1. The van der Waals surface area contributed by atoms with Gasteiger partial charge in [0, 0.05) is 18.8 Å². The second-order valence-electron chi connectivity index (χ2n) is 8.13. The zero-order valence-electron chi connectivity index (χ0n) is 17.3. The first-order valence-electron chi connectivity index (χ1n) is 10.5. The number of hydrogen-bond acceptors (Lipinski definition) is 3. The Balaban J connectivity index is 1.79. The molecule has 0 bridgehead atoms. The zero-order valence-corrected chi connectivity index (χ0v) is 17.3. The standard InChI is InChI=1S/C22H35N3O3/c1-3-4-5-6-7-8-9-18-10-12-19(13-11-18)23-21(28)24-22(16-20(26)27)14-15-25(2)17-22/h10-13H,3-9,14-17H2,1-2H3,(H,26,27)(H2,23,24,28). The highest BCUT2D eigenvalue weighted by Gasteiger charge is 2.40. The van der Waals surface area contributed by atoms with E-state index in [4.69, 9.17) is 0 Å². The number of urea groups is 1. The van der Waals surface area contributed by atoms with Crippen molar-refractivity contribution in [3.8, 4) is 0 Å². The summed E-state index contributed by atoms with van der Waals surface area (Å²) >= 11 is 0. The normalized spacial score (nSPS) is 19.5. The van der Waals surface area contributed by atoms with Gasteiger partial charge in [0.05, 0.1) is 12.0 Å². The number of benzene rings is 1. The Labute approximate surface area is 168 Å². The number of carbonyl (C=O) groups excluding carboxylic acids is 1. The van der Waals surface area contributed by atoms with Gasteiger partial charge in [-0.05, 0) is 44.0 Å². The van der Waals surface area contributed by atoms with Crippen LogP contribution in [0.25, 0.3) is 0 Å². The first-order chi connectivity index (χ1) is 13.4. The molecule has 1 aromatic rings. The highest BCUT2D eigenvalue weighted by Crippen LogP contribution is 2.24. The predicted molar refractivity (Wildman–Crippen MR) is 113 cm³/mol. The Kier molecular flexibility index (Phi) is 8.77. The third kappa shape index (κ3) is 7.50. The summed E-state index contributed by atoms with van der Waals surface area (Å²) in [6.45, 7) is 3.55. The van der Waals surface area contributed by atoms with Crippen molar-refractivity contribution in [3.63, 3.8) is 0 Å². The molecule has 1 fully saturated rings. The Morgan fingerprint density at radius 2 is 1.79 bits per heavy atom. The number of aliphatic carboxylic acids is 1. The Morgan fingerprint density at radius 3 is 2.39 bits per heavy atom. The summed E-state index contributed by atoms with van der Waals surface area (Å²) in [6, 6.07) is 7.59. The van der Waals surface area contributed by atoms with Crippen molar-refractivity contribution in [2.45, 2.75) is 70.3 Å². The van der Waals surface area contributed by atoms with E-state index in [1.54, 1.807) is 0 Å². The summed E-state index contributed by atoms with van der Waals surface area (Å²) in [6.07, 6.45) is 9.33. The molecule has 0 radical (unpaired) electrons. The van der Waals surface area contributed by atoms with E-state index in [-0.39, 0.29) is 12.5 Å². The van der Waals surface area contributed by atoms with E-state index in [0.717, 1.165) is 18.7 Å². The molecular formula is C22H35N3O3. The lowest BCUT2D eigenvalue weighted by atomic mass is 9.94. The van der Waals surface area contributed by atoms with Crippen LogP contribution in [0.15, 0.2) is 24.3 Å². The predicted octanol–water partition coefficient (Wildman–Crippen LogP) is 4.26. The molecule has 1 atom stereocenters. The van der Waals surface area contributed by atoms with E-state index in [0.29, 0.717) is 13.0 Å². The Morgan fingerprint density at radius 1 is 1.11 bits per heavy atom. The Hall–Kier alpha value is -2.08. The van der Waals surface area contributed by atoms with Crippen LogP contribution in [0.4, 0.5) is 10.5 Å². The maximum Gasteiger partial charge on any atom is 0.319 e. The fourth-order valence-corrected chi connectivity index (χ4v) is 3.93. The SMILES string of the molecule is CCCCCCCCc1ccc(NC(=O)NC2(CC(=O)O)CCN(C)C2)cc1. The largest absolute Gasteiger partial charge is 0.481 e. The highest BCUT2D eigenvalue weighted by molar-refractivity contribution is 5.90. The molecule has 0 saturated carbocycles. The van der Waals surface area contributed by atoms with Crippen LogP contribution in [0, 0.1) is 0 Å². The summed E-state index contributed by atoms with van der Waals surface area (Å²) in [5.74, 6) is -0.894. The quantitative estimate of drug-likeness (QED) is 0.494. The molecule has 3 N–H and O–H groups in total. The highest BCUT2D eigenvalue weighted by atomic mass is 16.4. The second kappa shape index (κ2) is 11.1. The topological polar surface area (TPSA) is 81.7 Å². The molecule has 0 aromatic heterocycles. The minimum Gasteiger partial charge on any atom is -0.481 e. The smallest absolute Gasteiger partial charge is 0.319 e. The molecule has 156 valence electrons.